The van der Waals surface area contributed by atoms with Gasteiger partial charge in [-0.2, -0.15) is 4.98 Å². The molecule has 2 aromatic carbocycles. The first-order valence-corrected chi connectivity index (χ1v) is 9.47. The second kappa shape index (κ2) is 8.97. The van der Waals surface area contributed by atoms with Crippen molar-refractivity contribution < 1.29 is 13.7 Å². The van der Waals surface area contributed by atoms with Gasteiger partial charge in [0.05, 0.1) is 6.42 Å². The molecule has 1 aromatic heterocycles. The van der Waals surface area contributed by atoms with E-state index in [0.717, 1.165) is 17.5 Å². The average molecular weight is 402 g/mol. The van der Waals surface area contributed by atoms with E-state index < -0.39 is 6.04 Å². The summed E-state index contributed by atoms with van der Waals surface area (Å²) in [6.45, 7) is 4.04. The fraction of sp³-hybridized carbons (Fsp3) is 0.286. The van der Waals surface area contributed by atoms with Crippen molar-refractivity contribution in [1.82, 2.24) is 15.5 Å². The quantitative estimate of drug-likeness (QED) is 0.606. The van der Waals surface area contributed by atoms with Gasteiger partial charge in [0.2, 0.25) is 17.6 Å². The van der Waals surface area contributed by atoms with Gasteiger partial charge in [-0.25, -0.2) is 4.39 Å². The second-order valence-electron chi connectivity index (χ2n) is 6.70. The zero-order valence-electron chi connectivity index (χ0n) is 15.7. The number of aromatic nitrogens is 2. The normalized spacial score (nSPS) is 13.1. The summed E-state index contributed by atoms with van der Waals surface area (Å²) in [7, 11) is 0. The van der Waals surface area contributed by atoms with Gasteiger partial charge < -0.3 is 9.84 Å². The highest BCUT2D eigenvalue weighted by Gasteiger charge is 2.26. The highest BCUT2D eigenvalue weighted by atomic mass is 35.5. The molecule has 0 saturated heterocycles. The molecule has 0 unspecified atom stereocenters. The van der Waals surface area contributed by atoms with Crippen molar-refractivity contribution in [2.24, 2.45) is 5.92 Å². The van der Waals surface area contributed by atoms with Crippen LogP contribution in [0.4, 0.5) is 4.39 Å². The van der Waals surface area contributed by atoms with Crippen molar-refractivity contribution in [3.63, 3.8) is 0 Å². The highest BCUT2D eigenvalue weighted by Crippen LogP contribution is 2.26. The Hall–Kier alpha value is -2.73. The topological polar surface area (TPSA) is 68.0 Å². The molecular weight excluding hydrogens is 381 g/mol. The van der Waals surface area contributed by atoms with E-state index in [2.05, 4.69) is 15.5 Å². The van der Waals surface area contributed by atoms with Crippen molar-refractivity contribution in [1.29, 1.82) is 0 Å². The third-order valence-electron chi connectivity index (χ3n) is 4.62. The molecule has 1 N–H and O–H groups in total. The number of rotatable bonds is 7. The molecule has 0 spiro atoms. The van der Waals surface area contributed by atoms with E-state index in [1.807, 2.05) is 26.0 Å². The molecule has 0 aliphatic carbocycles. The van der Waals surface area contributed by atoms with Crippen molar-refractivity contribution in [2.75, 3.05) is 0 Å². The van der Waals surface area contributed by atoms with Crippen LogP contribution in [0.15, 0.2) is 53.1 Å². The Balaban J connectivity index is 1.75. The summed E-state index contributed by atoms with van der Waals surface area (Å²) in [5.41, 5.74) is 1.51. The summed E-state index contributed by atoms with van der Waals surface area (Å²) in [5, 5.41) is 7.63. The zero-order valence-corrected chi connectivity index (χ0v) is 16.4. The molecule has 0 saturated carbocycles. The van der Waals surface area contributed by atoms with Crippen LogP contribution in [0.25, 0.3) is 11.4 Å². The summed E-state index contributed by atoms with van der Waals surface area (Å²) in [6.07, 6.45) is 0.964. The molecule has 146 valence electrons. The van der Waals surface area contributed by atoms with Gasteiger partial charge in [-0.15, -0.1) is 0 Å². The lowest BCUT2D eigenvalue weighted by Crippen LogP contribution is -2.33. The summed E-state index contributed by atoms with van der Waals surface area (Å²) in [4.78, 5) is 17.0. The van der Waals surface area contributed by atoms with Crippen LogP contribution in [0.3, 0.4) is 0 Å². The number of nitrogens with one attached hydrogen (secondary N) is 1. The third-order valence-corrected chi connectivity index (χ3v) is 4.87. The first-order valence-electron chi connectivity index (χ1n) is 9.09. The highest BCUT2D eigenvalue weighted by molar-refractivity contribution is 6.30. The number of carbonyl (C=O) groups is 1. The van der Waals surface area contributed by atoms with E-state index in [1.54, 1.807) is 24.3 Å². The second-order valence-corrected chi connectivity index (χ2v) is 7.13. The minimum atomic E-state index is -0.411. The molecule has 3 rings (SSSR count). The van der Waals surface area contributed by atoms with Crippen LogP contribution in [0.5, 0.6) is 0 Å². The smallest absolute Gasteiger partial charge is 0.249 e. The summed E-state index contributed by atoms with van der Waals surface area (Å²) in [5.74, 6) is 0.362. The molecule has 5 nitrogen and oxygen atoms in total. The SMILES string of the molecule is CC[C@@H](C)[C@@H](NC(=O)Cc1ccc(F)cc1)c1nc(-c2ccc(Cl)cc2)no1. The van der Waals surface area contributed by atoms with E-state index >= 15 is 0 Å². The van der Waals surface area contributed by atoms with Gasteiger partial charge in [0.15, 0.2) is 0 Å². The first-order chi connectivity index (χ1) is 13.5. The minimum Gasteiger partial charge on any atom is -0.344 e. The lowest BCUT2D eigenvalue weighted by atomic mass is 9.98. The van der Waals surface area contributed by atoms with Crippen molar-refractivity contribution in [3.8, 4) is 11.4 Å². The third kappa shape index (κ3) is 4.95. The van der Waals surface area contributed by atoms with Crippen LogP contribution in [0.1, 0.15) is 37.8 Å². The largest absolute Gasteiger partial charge is 0.344 e. The Kier molecular flexibility index (Phi) is 6.41. The average Bonchev–Trinajstić information content (AvgIpc) is 3.17. The molecule has 3 aromatic rings. The predicted molar refractivity (Wildman–Crippen MR) is 105 cm³/mol. The van der Waals surface area contributed by atoms with E-state index in [0.29, 0.717) is 16.7 Å². The van der Waals surface area contributed by atoms with Gasteiger partial charge >= 0.3 is 0 Å². The van der Waals surface area contributed by atoms with E-state index in [4.69, 9.17) is 16.1 Å². The predicted octanol–water partition coefficient (Wildman–Crippen LogP) is 4.98. The molecule has 0 radical (unpaired) electrons. The standard InChI is InChI=1S/C21H21ClFN3O2/c1-3-13(2)19(24-18(27)12-14-4-10-17(23)11-5-14)21-25-20(26-28-21)15-6-8-16(22)9-7-15/h4-11,13,19H,3,12H2,1-2H3,(H,24,27)/t13-,19-/m1/s1. The van der Waals surface area contributed by atoms with E-state index in [1.165, 1.54) is 12.1 Å². The lowest BCUT2D eigenvalue weighted by Gasteiger charge is -2.20. The van der Waals surface area contributed by atoms with Crippen LogP contribution >= 0.6 is 11.6 Å². The zero-order chi connectivity index (χ0) is 20.1. The van der Waals surface area contributed by atoms with Crippen LogP contribution in [0.2, 0.25) is 5.02 Å². The molecule has 7 heteroatoms. The number of halogens is 2. The number of hydrogen-bond donors (Lipinski definition) is 1. The summed E-state index contributed by atoms with van der Waals surface area (Å²) < 4.78 is 18.5. The molecule has 1 heterocycles. The van der Waals surface area contributed by atoms with Crippen LogP contribution in [-0.2, 0) is 11.2 Å². The fourth-order valence-electron chi connectivity index (χ4n) is 2.77. The number of hydrogen-bond acceptors (Lipinski definition) is 4. The van der Waals surface area contributed by atoms with Gasteiger partial charge in [-0.3, -0.25) is 4.79 Å². The summed E-state index contributed by atoms with van der Waals surface area (Å²) >= 11 is 5.92. The van der Waals surface area contributed by atoms with Crippen molar-refractivity contribution in [3.05, 3.63) is 70.8 Å². The molecule has 0 aliphatic heterocycles. The molecule has 2 atom stereocenters. The van der Waals surface area contributed by atoms with E-state index in [9.17, 15) is 9.18 Å². The number of nitrogens with zero attached hydrogens (tertiary/aromatic N) is 2. The maximum atomic E-state index is 13.0. The van der Waals surface area contributed by atoms with Gasteiger partial charge in [0, 0.05) is 10.6 Å². The van der Waals surface area contributed by atoms with Crippen molar-refractivity contribution in [2.45, 2.75) is 32.7 Å². The Bertz CT molecular complexity index is 926. The van der Waals surface area contributed by atoms with Gasteiger partial charge in [0.25, 0.3) is 0 Å². The van der Waals surface area contributed by atoms with Gasteiger partial charge in [-0.1, -0.05) is 49.2 Å². The molecule has 28 heavy (non-hydrogen) atoms. The molecule has 0 fully saturated rings. The molecular formula is C21H21ClFN3O2. The maximum absolute atomic E-state index is 13.0. The first kappa shape index (κ1) is 20.0. The van der Waals surface area contributed by atoms with Crippen LogP contribution < -0.4 is 5.32 Å². The van der Waals surface area contributed by atoms with Gasteiger partial charge in [0.1, 0.15) is 11.9 Å². The van der Waals surface area contributed by atoms with E-state index in [-0.39, 0.29) is 24.1 Å². The van der Waals surface area contributed by atoms with Gasteiger partial charge in [-0.05, 0) is 47.9 Å². The molecule has 0 bridgehead atoms. The maximum Gasteiger partial charge on any atom is 0.249 e. The Labute approximate surface area is 167 Å². The number of benzene rings is 2. The fourth-order valence-corrected chi connectivity index (χ4v) is 2.90. The monoisotopic (exact) mass is 401 g/mol. The van der Waals surface area contributed by atoms with Crippen LogP contribution in [-0.4, -0.2) is 16.0 Å². The van der Waals surface area contributed by atoms with Crippen LogP contribution in [0, 0.1) is 11.7 Å². The minimum absolute atomic E-state index is 0.0932. The molecule has 1 amide bonds. The number of carbonyl (C=O) groups excluding carboxylic acids is 1. The Morgan fingerprint density at radius 1 is 1.18 bits per heavy atom. The summed E-state index contributed by atoms with van der Waals surface area (Å²) in [6, 6.07) is 12.6. The molecule has 0 aliphatic rings. The Morgan fingerprint density at radius 3 is 2.50 bits per heavy atom. The van der Waals surface area contributed by atoms with Crippen molar-refractivity contribution >= 4 is 17.5 Å². The Morgan fingerprint density at radius 2 is 1.86 bits per heavy atom. The lowest BCUT2D eigenvalue weighted by molar-refractivity contribution is -0.121. The number of amides is 1.